The number of halogens is 1. The second-order valence-corrected chi connectivity index (χ2v) is 9.50. The normalized spacial score (nSPS) is 30.5. The van der Waals surface area contributed by atoms with E-state index < -0.39 is 12.2 Å². The first-order chi connectivity index (χ1) is 14.9. The third-order valence-corrected chi connectivity index (χ3v) is 7.16. The van der Waals surface area contributed by atoms with Crippen LogP contribution in [-0.2, 0) is 10.3 Å². The molecular formula is C23H22ClN3O4. The number of ether oxygens (including phenoxy) is 2. The lowest BCUT2D eigenvalue weighted by Crippen LogP contribution is -2.79. The Hall–Kier alpha value is -2.77. The van der Waals surface area contributed by atoms with Gasteiger partial charge in [0.15, 0.2) is 6.10 Å². The summed E-state index contributed by atoms with van der Waals surface area (Å²) in [5.41, 5.74) is 1.30. The number of methoxy groups -OCH3 is 1. The number of benzene rings is 2. The maximum absolute atomic E-state index is 12.9. The zero-order valence-corrected chi connectivity index (χ0v) is 17.7. The van der Waals surface area contributed by atoms with Gasteiger partial charge >= 0.3 is 0 Å². The highest BCUT2D eigenvalue weighted by Gasteiger charge is 2.70. The van der Waals surface area contributed by atoms with Gasteiger partial charge in [0, 0.05) is 40.2 Å². The summed E-state index contributed by atoms with van der Waals surface area (Å²) >= 11 is 6.00. The molecule has 160 valence electrons. The maximum atomic E-state index is 12.9. The molecule has 2 atom stereocenters. The highest BCUT2D eigenvalue weighted by Crippen LogP contribution is 2.65. The number of rotatable bonds is 4. The maximum Gasteiger partial charge on any atom is 0.261 e. The number of aliphatic hydroxyl groups excluding tert-OH is 1. The molecule has 3 aromatic rings. The molecule has 4 aliphatic rings. The fourth-order valence-corrected chi connectivity index (χ4v) is 5.58. The van der Waals surface area contributed by atoms with E-state index in [0.717, 1.165) is 35.9 Å². The first kappa shape index (κ1) is 19.0. The second-order valence-electron chi connectivity index (χ2n) is 9.06. The van der Waals surface area contributed by atoms with Crippen molar-refractivity contribution in [3.8, 4) is 11.5 Å². The van der Waals surface area contributed by atoms with Crippen molar-refractivity contribution in [2.75, 3.05) is 7.11 Å². The molecule has 1 aromatic heterocycles. The first-order valence-corrected chi connectivity index (χ1v) is 10.8. The molecule has 3 aliphatic carbocycles. The lowest BCUT2D eigenvalue weighted by atomic mass is 9.44. The van der Waals surface area contributed by atoms with Gasteiger partial charge < -0.3 is 19.9 Å². The van der Waals surface area contributed by atoms with Gasteiger partial charge in [-0.2, -0.15) is 5.10 Å². The molecule has 31 heavy (non-hydrogen) atoms. The monoisotopic (exact) mass is 439 g/mol. The molecule has 2 aromatic carbocycles. The number of nitrogens with one attached hydrogen (secondary N) is 1. The van der Waals surface area contributed by atoms with Crippen LogP contribution in [0.2, 0.25) is 5.02 Å². The number of aromatic nitrogens is 2. The minimum atomic E-state index is -0.772. The molecular weight excluding hydrogens is 418 g/mol. The standard InChI is InChI=1S/C23H22ClN3O4/c1-30-15-4-2-13-9-27(26-17(13)7-15)23-10-22(11-23,12-23)25-21(29)20-8-18(28)16-6-14(24)3-5-19(16)31-20/h2-7,9,18,20,28H,8,10-12H2,1H3,(H,25,29)/t18-,20-,22?,23?/m1/s1. The number of fused-ring (bicyclic) bond motifs is 2. The van der Waals surface area contributed by atoms with Crippen LogP contribution in [0.5, 0.6) is 11.5 Å². The van der Waals surface area contributed by atoms with Crippen molar-refractivity contribution in [1.82, 2.24) is 15.1 Å². The van der Waals surface area contributed by atoms with E-state index in [9.17, 15) is 9.90 Å². The van der Waals surface area contributed by atoms with Gasteiger partial charge in [0.05, 0.1) is 24.3 Å². The van der Waals surface area contributed by atoms with Crippen molar-refractivity contribution in [3.05, 3.63) is 53.2 Å². The predicted molar refractivity (Wildman–Crippen MR) is 114 cm³/mol. The summed E-state index contributed by atoms with van der Waals surface area (Å²) in [5, 5.41) is 20.0. The van der Waals surface area contributed by atoms with E-state index in [0.29, 0.717) is 16.3 Å². The van der Waals surface area contributed by atoms with E-state index in [1.807, 2.05) is 22.9 Å². The van der Waals surface area contributed by atoms with Crippen molar-refractivity contribution >= 4 is 28.4 Å². The first-order valence-electron chi connectivity index (χ1n) is 10.4. The van der Waals surface area contributed by atoms with Gasteiger partial charge in [-0.15, -0.1) is 0 Å². The van der Waals surface area contributed by atoms with Crippen LogP contribution in [-0.4, -0.2) is 39.5 Å². The van der Waals surface area contributed by atoms with E-state index in [2.05, 4.69) is 11.5 Å². The largest absolute Gasteiger partial charge is 0.497 e. The van der Waals surface area contributed by atoms with Crippen LogP contribution in [0, 0.1) is 0 Å². The molecule has 8 heteroatoms. The summed E-state index contributed by atoms with van der Waals surface area (Å²) < 4.78 is 13.2. The van der Waals surface area contributed by atoms with Crippen molar-refractivity contribution in [3.63, 3.8) is 0 Å². The zero-order chi connectivity index (χ0) is 21.4. The molecule has 0 spiro atoms. The fraction of sp³-hybridized carbons (Fsp3) is 0.391. The van der Waals surface area contributed by atoms with Gasteiger partial charge in [0.25, 0.3) is 5.91 Å². The molecule has 3 saturated carbocycles. The molecule has 2 N–H and O–H groups in total. The summed E-state index contributed by atoms with van der Waals surface area (Å²) in [5.74, 6) is 1.12. The van der Waals surface area contributed by atoms with Gasteiger partial charge in [0.1, 0.15) is 11.5 Å². The van der Waals surface area contributed by atoms with Gasteiger partial charge in [0.2, 0.25) is 0 Å². The number of carbonyl (C=O) groups is 1. The third kappa shape index (κ3) is 2.83. The van der Waals surface area contributed by atoms with Crippen LogP contribution in [0.15, 0.2) is 42.6 Å². The average molecular weight is 440 g/mol. The van der Waals surface area contributed by atoms with Crippen LogP contribution in [0.1, 0.15) is 37.4 Å². The van der Waals surface area contributed by atoms with Crippen molar-refractivity contribution < 1.29 is 19.4 Å². The number of carbonyl (C=O) groups excluding carboxylic acids is 1. The predicted octanol–water partition coefficient (Wildman–Crippen LogP) is 3.33. The number of hydrogen-bond donors (Lipinski definition) is 2. The van der Waals surface area contributed by atoms with Crippen LogP contribution in [0.25, 0.3) is 10.9 Å². The molecule has 0 saturated heterocycles. The quantitative estimate of drug-likeness (QED) is 0.651. The topological polar surface area (TPSA) is 85.6 Å². The van der Waals surface area contributed by atoms with E-state index in [4.69, 9.17) is 26.2 Å². The Labute approximate surface area is 183 Å². The molecule has 1 amide bonds. The van der Waals surface area contributed by atoms with Gasteiger partial charge in [-0.05, 0) is 49.6 Å². The number of aliphatic hydroxyl groups is 1. The Bertz CT molecular complexity index is 1200. The molecule has 2 bridgehead atoms. The van der Waals surface area contributed by atoms with Gasteiger partial charge in [-0.25, -0.2) is 0 Å². The highest BCUT2D eigenvalue weighted by molar-refractivity contribution is 6.30. The number of nitrogens with zero attached hydrogens (tertiary/aromatic N) is 2. The zero-order valence-electron chi connectivity index (χ0n) is 17.0. The average Bonchev–Trinajstić information content (AvgIpc) is 3.12. The summed E-state index contributed by atoms with van der Waals surface area (Å²) in [7, 11) is 1.65. The Morgan fingerprint density at radius 1 is 1.29 bits per heavy atom. The molecule has 0 radical (unpaired) electrons. The summed E-state index contributed by atoms with van der Waals surface area (Å²) in [6.45, 7) is 0. The van der Waals surface area contributed by atoms with Crippen molar-refractivity contribution in [1.29, 1.82) is 0 Å². The Balaban J connectivity index is 1.13. The van der Waals surface area contributed by atoms with Crippen molar-refractivity contribution in [2.45, 2.75) is 49.0 Å². The van der Waals surface area contributed by atoms with Crippen LogP contribution in [0.4, 0.5) is 0 Å². The van der Waals surface area contributed by atoms with Crippen LogP contribution in [0.3, 0.4) is 0 Å². The van der Waals surface area contributed by atoms with Gasteiger partial charge in [-0.3, -0.25) is 9.48 Å². The third-order valence-electron chi connectivity index (χ3n) is 6.92. The lowest BCUT2D eigenvalue weighted by Gasteiger charge is -2.70. The molecule has 1 aliphatic heterocycles. The SMILES string of the molecule is COc1ccc2cn(C34CC(NC(=O)[C@H]5C[C@@H](O)c6cc(Cl)ccc6O5)(C3)C4)nc2c1. The second kappa shape index (κ2) is 6.37. The van der Waals surface area contributed by atoms with Crippen LogP contribution >= 0.6 is 11.6 Å². The molecule has 2 heterocycles. The highest BCUT2D eigenvalue weighted by atomic mass is 35.5. The van der Waals surface area contributed by atoms with Gasteiger partial charge in [-0.1, -0.05) is 11.6 Å². The summed E-state index contributed by atoms with van der Waals surface area (Å²) in [6.07, 6.45) is 3.34. The Kier molecular flexibility index (Phi) is 3.90. The molecule has 7 rings (SSSR count). The molecule has 0 unspecified atom stereocenters. The van der Waals surface area contributed by atoms with Crippen LogP contribution < -0.4 is 14.8 Å². The van der Waals surface area contributed by atoms with Crippen molar-refractivity contribution in [2.24, 2.45) is 0 Å². The Morgan fingerprint density at radius 2 is 2.10 bits per heavy atom. The lowest BCUT2D eigenvalue weighted by molar-refractivity contribution is -0.164. The number of hydrogen-bond acceptors (Lipinski definition) is 5. The Morgan fingerprint density at radius 3 is 2.87 bits per heavy atom. The minimum Gasteiger partial charge on any atom is -0.497 e. The molecule has 3 fully saturated rings. The van der Waals surface area contributed by atoms with E-state index >= 15 is 0 Å². The van der Waals surface area contributed by atoms with E-state index in [1.54, 1.807) is 25.3 Å². The smallest absolute Gasteiger partial charge is 0.261 e. The summed E-state index contributed by atoms with van der Waals surface area (Å²) in [6, 6.07) is 11.0. The van der Waals surface area contributed by atoms with E-state index in [-0.39, 0.29) is 23.4 Å². The number of amides is 1. The minimum absolute atomic E-state index is 0.0319. The van der Waals surface area contributed by atoms with E-state index in [1.165, 1.54) is 0 Å². The molecule has 7 nitrogen and oxygen atoms in total. The fourth-order valence-electron chi connectivity index (χ4n) is 5.40. The summed E-state index contributed by atoms with van der Waals surface area (Å²) in [4.78, 5) is 12.9.